The zero-order valence-electron chi connectivity index (χ0n) is 10.4. The Kier molecular flexibility index (Phi) is 3.25. The Morgan fingerprint density at radius 3 is 2.29 bits per heavy atom. The maximum Gasteiger partial charge on any atom is 0.0932 e. The van der Waals surface area contributed by atoms with Gasteiger partial charge in [0.2, 0.25) is 0 Å². The van der Waals surface area contributed by atoms with Crippen molar-refractivity contribution in [3.05, 3.63) is 53.2 Å². The van der Waals surface area contributed by atoms with E-state index in [0.29, 0.717) is 5.69 Å². The minimum atomic E-state index is -0.527. The molecule has 0 aliphatic rings. The third-order valence-corrected chi connectivity index (χ3v) is 2.72. The molecule has 2 aromatic rings. The number of aliphatic hydroxyl groups excluding tert-OH is 1. The Hall–Kier alpha value is -1.67. The third-order valence-electron chi connectivity index (χ3n) is 2.72. The van der Waals surface area contributed by atoms with Gasteiger partial charge >= 0.3 is 0 Å². The largest absolute Gasteiger partial charge is 0.387 e. The molecule has 0 unspecified atom stereocenters. The van der Waals surface area contributed by atoms with Crippen LogP contribution in [0.15, 0.2) is 36.4 Å². The number of pyridine rings is 1. The van der Waals surface area contributed by atoms with Gasteiger partial charge in [0.15, 0.2) is 0 Å². The highest BCUT2D eigenvalue weighted by Gasteiger charge is 2.05. The van der Waals surface area contributed by atoms with Crippen molar-refractivity contribution in [3.8, 4) is 11.3 Å². The number of rotatable bonds is 2. The van der Waals surface area contributed by atoms with E-state index in [1.807, 2.05) is 18.2 Å². The maximum atomic E-state index is 9.54. The van der Waals surface area contributed by atoms with E-state index in [2.05, 4.69) is 37.0 Å². The molecule has 17 heavy (non-hydrogen) atoms. The maximum absolute atomic E-state index is 9.54. The first-order valence-corrected chi connectivity index (χ1v) is 5.80. The molecule has 1 heterocycles. The molecule has 2 heteroatoms. The Bertz CT molecular complexity index is 512. The van der Waals surface area contributed by atoms with Gasteiger partial charge in [-0.2, -0.15) is 0 Å². The molecule has 0 radical (unpaired) electrons. The van der Waals surface area contributed by atoms with Crippen LogP contribution in [0.3, 0.4) is 0 Å². The molecule has 1 N–H and O–H groups in total. The standard InChI is InChI=1S/C15H17NO/c1-10-7-11(2)9-13(8-10)15-6-4-5-14(16-15)12(3)17/h4-9,12,17H,1-3H3/t12-/m0/s1. The summed E-state index contributed by atoms with van der Waals surface area (Å²) in [6, 6.07) is 12.1. The number of aliphatic hydroxyl groups is 1. The molecule has 0 amide bonds. The van der Waals surface area contributed by atoms with Gasteiger partial charge in [0.1, 0.15) is 0 Å². The van der Waals surface area contributed by atoms with Gasteiger partial charge < -0.3 is 5.11 Å². The fourth-order valence-electron chi connectivity index (χ4n) is 1.97. The van der Waals surface area contributed by atoms with Crippen LogP contribution in [0.2, 0.25) is 0 Å². The van der Waals surface area contributed by atoms with Crippen molar-refractivity contribution in [1.29, 1.82) is 0 Å². The topological polar surface area (TPSA) is 33.1 Å². The van der Waals surface area contributed by atoms with E-state index in [1.54, 1.807) is 6.92 Å². The van der Waals surface area contributed by atoms with Gasteiger partial charge in [-0.3, -0.25) is 4.98 Å². The lowest BCUT2D eigenvalue weighted by molar-refractivity contribution is 0.194. The van der Waals surface area contributed by atoms with Crippen LogP contribution in [0, 0.1) is 13.8 Å². The Labute approximate surface area is 102 Å². The second kappa shape index (κ2) is 4.68. The van der Waals surface area contributed by atoms with Gasteiger partial charge in [-0.15, -0.1) is 0 Å². The summed E-state index contributed by atoms with van der Waals surface area (Å²) in [5, 5.41) is 9.54. The molecule has 0 bridgehead atoms. The molecular weight excluding hydrogens is 210 g/mol. The van der Waals surface area contributed by atoms with Gasteiger partial charge in [0, 0.05) is 5.56 Å². The summed E-state index contributed by atoms with van der Waals surface area (Å²) in [7, 11) is 0. The number of benzene rings is 1. The van der Waals surface area contributed by atoms with E-state index in [9.17, 15) is 5.11 Å². The summed E-state index contributed by atoms with van der Waals surface area (Å²) < 4.78 is 0. The van der Waals surface area contributed by atoms with Crippen molar-refractivity contribution in [2.24, 2.45) is 0 Å². The van der Waals surface area contributed by atoms with Crippen molar-refractivity contribution in [3.63, 3.8) is 0 Å². The van der Waals surface area contributed by atoms with Crippen LogP contribution in [0.25, 0.3) is 11.3 Å². The van der Waals surface area contributed by atoms with E-state index in [4.69, 9.17) is 0 Å². The van der Waals surface area contributed by atoms with Crippen molar-refractivity contribution in [2.45, 2.75) is 26.9 Å². The molecule has 2 rings (SSSR count). The summed E-state index contributed by atoms with van der Waals surface area (Å²) in [6.45, 7) is 5.89. The first-order chi connectivity index (χ1) is 8.06. The van der Waals surface area contributed by atoms with Crippen molar-refractivity contribution in [1.82, 2.24) is 4.98 Å². The van der Waals surface area contributed by atoms with Gasteiger partial charge in [-0.25, -0.2) is 0 Å². The van der Waals surface area contributed by atoms with Crippen LogP contribution in [-0.4, -0.2) is 10.1 Å². The summed E-state index contributed by atoms with van der Waals surface area (Å²) in [5.41, 5.74) is 5.18. The van der Waals surface area contributed by atoms with E-state index in [1.165, 1.54) is 11.1 Å². The number of hydrogen-bond acceptors (Lipinski definition) is 2. The SMILES string of the molecule is Cc1cc(C)cc(-c2cccc([C@H](C)O)n2)c1. The average molecular weight is 227 g/mol. The Balaban J connectivity index is 2.49. The van der Waals surface area contributed by atoms with Crippen LogP contribution in [0.5, 0.6) is 0 Å². The summed E-state index contributed by atoms with van der Waals surface area (Å²) >= 11 is 0. The van der Waals surface area contributed by atoms with E-state index >= 15 is 0 Å². The van der Waals surface area contributed by atoms with Crippen LogP contribution in [0.4, 0.5) is 0 Å². The van der Waals surface area contributed by atoms with Crippen LogP contribution < -0.4 is 0 Å². The van der Waals surface area contributed by atoms with Crippen molar-refractivity contribution >= 4 is 0 Å². The molecule has 0 saturated heterocycles. The quantitative estimate of drug-likeness (QED) is 0.852. The van der Waals surface area contributed by atoms with Crippen molar-refractivity contribution in [2.75, 3.05) is 0 Å². The fraction of sp³-hybridized carbons (Fsp3) is 0.267. The molecular formula is C15H17NO. The lowest BCUT2D eigenvalue weighted by Crippen LogP contribution is -1.96. The zero-order chi connectivity index (χ0) is 12.4. The summed E-state index contributed by atoms with van der Waals surface area (Å²) in [4.78, 5) is 4.47. The van der Waals surface area contributed by atoms with E-state index < -0.39 is 6.10 Å². The molecule has 0 saturated carbocycles. The second-order valence-electron chi connectivity index (χ2n) is 4.50. The smallest absolute Gasteiger partial charge is 0.0932 e. The first-order valence-electron chi connectivity index (χ1n) is 5.80. The Morgan fingerprint density at radius 1 is 1.06 bits per heavy atom. The second-order valence-corrected chi connectivity index (χ2v) is 4.50. The fourth-order valence-corrected chi connectivity index (χ4v) is 1.97. The van der Waals surface area contributed by atoms with Gasteiger partial charge in [0.05, 0.1) is 17.5 Å². The molecule has 0 spiro atoms. The molecule has 1 aromatic carbocycles. The molecule has 1 atom stereocenters. The summed E-state index contributed by atoms with van der Waals surface area (Å²) in [6.07, 6.45) is -0.527. The number of nitrogens with zero attached hydrogens (tertiary/aromatic N) is 1. The molecule has 88 valence electrons. The lowest BCUT2D eigenvalue weighted by Gasteiger charge is -2.08. The molecule has 1 aromatic heterocycles. The summed E-state index contributed by atoms with van der Waals surface area (Å²) in [5.74, 6) is 0. The highest BCUT2D eigenvalue weighted by molar-refractivity contribution is 5.61. The van der Waals surface area contributed by atoms with Crippen LogP contribution >= 0.6 is 0 Å². The number of hydrogen-bond donors (Lipinski definition) is 1. The minimum Gasteiger partial charge on any atom is -0.387 e. The van der Waals surface area contributed by atoms with E-state index in [-0.39, 0.29) is 0 Å². The third kappa shape index (κ3) is 2.71. The number of aryl methyl sites for hydroxylation is 2. The van der Waals surface area contributed by atoms with E-state index in [0.717, 1.165) is 11.3 Å². The van der Waals surface area contributed by atoms with Gasteiger partial charge in [0.25, 0.3) is 0 Å². The molecule has 0 aliphatic heterocycles. The average Bonchev–Trinajstić information content (AvgIpc) is 2.28. The lowest BCUT2D eigenvalue weighted by atomic mass is 10.0. The monoisotopic (exact) mass is 227 g/mol. The predicted molar refractivity (Wildman–Crippen MR) is 69.8 cm³/mol. The normalized spacial score (nSPS) is 12.5. The Morgan fingerprint density at radius 2 is 1.71 bits per heavy atom. The molecule has 0 fully saturated rings. The van der Waals surface area contributed by atoms with Crippen LogP contribution in [0.1, 0.15) is 29.8 Å². The molecule has 2 nitrogen and oxygen atoms in total. The highest BCUT2D eigenvalue weighted by Crippen LogP contribution is 2.22. The number of aromatic nitrogens is 1. The van der Waals surface area contributed by atoms with Gasteiger partial charge in [-0.05, 0) is 45.0 Å². The minimum absolute atomic E-state index is 0.527. The van der Waals surface area contributed by atoms with Crippen molar-refractivity contribution < 1.29 is 5.11 Å². The first kappa shape index (κ1) is 11.8. The molecule has 0 aliphatic carbocycles. The highest BCUT2D eigenvalue weighted by atomic mass is 16.3. The predicted octanol–water partition coefficient (Wildman–Crippen LogP) is 3.42. The zero-order valence-corrected chi connectivity index (χ0v) is 10.4. The van der Waals surface area contributed by atoms with Crippen LogP contribution in [-0.2, 0) is 0 Å². The van der Waals surface area contributed by atoms with Gasteiger partial charge in [-0.1, -0.05) is 23.3 Å².